The van der Waals surface area contributed by atoms with Crippen LogP contribution in [0.25, 0.3) is 0 Å². The van der Waals surface area contributed by atoms with Gasteiger partial charge in [-0.05, 0) is 17.7 Å². The summed E-state index contributed by atoms with van der Waals surface area (Å²) in [6.45, 7) is 0.852. The van der Waals surface area contributed by atoms with E-state index in [1.165, 1.54) is 23.5 Å². The topological polar surface area (TPSA) is 66.2 Å². The molecule has 1 aromatic rings. The molecule has 2 aliphatic rings. The van der Waals surface area contributed by atoms with Crippen LogP contribution in [0.5, 0.6) is 0 Å². The first-order chi connectivity index (χ1) is 11.2. The van der Waals surface area contributed by atoms with Crippen molar-refractivity contribution in [2.45, 2.75) is 0 Å². The number of nitrogens with one attached hydrogen (secondary N) is 1. The Morgan fingerprint density at radius 3 is 2.74 bits per heavy atom. The number of halogens is 1. The summed E-state index contributed by atoms with van der Waals surface area (Å²) in [5.74, 6) is 1.99. The van der Waals surface area contributed by atoms with Gasteiger partial charge in [0, 0.05) is 16.0 Å². The SMILES string of the molecule is O=C(CSC1=NCCS1)NC1=NN=C(c2ccc(Br)cc2)CS1. The van der Waals surface area contributed by atoms with E-state index in [2.05, 4.69) is 36.4 Å². The van der Waals surface area contributed by atoms with Crippen LogP contribution in [-0.4, -0.2) is 45.0 Å². The summed E-state index contributed by atoms with van der Waals surface area (Å²) in [5, 5.41) is 11.7. The molecule has 0 spiro atoms. The average Bonchev–Trinajstić information content (AvgIpc) is 3.08. The molecule has 0 fully saturated rings. The summed E-state index contributed by atoms with van der Waals surface area (Å²) >= 11 is 8.08. The van der Waals surface area contributed by atoms with E-state index in [0.717, 1.165) is 32.4 Å². The van der Waals surface area contributed by atoms with Crippen LogP contribution in [0.3, 0.4) is 0 Å². The number of hydrogen-bond donors (Lipinski definition) is 1. The largest absolute Gasteiger partial charge is 0.303 e. The number of carbonyl (C=O) groups is 1. The first kappa shape index (κ1) is 17.1. The first-order valence-corrected chi connectivity index (χ1v) is 10.6. The molecule has 23 heavy (non-hydrogen) atoms. The standard InChI is InChI=1S/C14H13BrN4OS3/c15-10-3-1-9(2-4-10)11-7-22-13(19-18-11)17-12(20)8-23-14-16-5-6-21-14/h1-4H,5-8H2,(H,17,19,20). The minimum Gasteiger partial charge on any atom is -0.303 e. The van der Waals surface area contributed by atoms with Crippen LogP contribution in [0.4, 0.5) is 0 Å². The van der Waals surface area contributed by atoms with Crippen molar-refractivity contribution in [3.05, 3.63) is 34.3 Å². The molecule has 1 amide bonds. The van der Waals surface area contributed by atoms with Gasteiger partial charge in [0.05, 0.1) is 18.0 Å². The predicted octanol–water partition coefficient (Wildman–Crippen LogP) is 3.21. The molecule has 0 unspecified atom stereocenters. The van der Waals surface area contributed by atoms with Gasteiger partial charge >= 0.3 is 0 Å². The number of nitrogens with zero attached hydrogens (tertiary/aromatic N) is 3. The molecule has 0 aliphatic carbocycles. The Bertz CT molecular complexity index is 688. The van der Waals surface area contributed by atoms with Gasteiger partial charge in [-0.1, -0.05) is 63.3 Å². The Balaban J connectivity index is 1.53. The number of carbonyl (C=O) groups excluding carboxylic acids is 1. The second-order valence-corrected chi connectivity index (χ2v) is 8.77. The quantitative estimate of drug-likeness (QED) is 0.802. The summed E-state index contributed by atoms with van der Waals surface area (Å²) in [6, 6.07) is 7.95. The maximum Gasteiger partial charge on any atom is 0.236 e. The molecule has 9 heteroatoms. The highest BCUT2D eigenvalue weighted by Gasteiger charge is 2.16. The zero-order chi connectivity index (χ0) is 16.1. The van der Waals surface area contributed by atoms with Crippen LogP contribution in [0, 0.1) is 0 Å². The van der Waals surface area contributed by atoms with Crippen molar-refractivity contribution < 1.29 is 4.79 Å². The highest BCUT2D eigenvalue weighted by atomic mass is 79.9. The van der Waals surface area contributed by atoms with Gasteiger partial charge in [-0.3, -0.25) is 9.79 Å². The third kappa shape index (κ3) is 5.10. The number of rotatable bonds is 3. The van der Waals surface area contributed by atoms with Gasteiger partial charge in [0.1, 0.15) is 4.38 Å². The normalized spacial score (nSPS) is 17.3. The summed E-state index contributed by atoms with van der Waals surface area (Å²) in [7, 11) is 0. The van der Waals surface area contributed by atoms with Crippen LogP contribution >= 0.6 is 51.2 Å². The van der Waals surface area contributed by atoms with Crippen molar-refractivity contribution in [2.24, 2.45) is 15.2 Å². The van der Waals surface area contributed by atoms with E-state index < -0.39 is 0 Å². The van der Waals surface area contributed by atoms with Crippen LogP contribution < -0.4 is 5.32 Å². The lowest BCUT2D eigenvalue weighted by atomic mass is 10.1. The minimum atomic E-state index is -0.0706. The van der Waals surface area contributed by atoms with Gasteiger partial charge in [0.2, 0.25) is 5.91 Å². The summed E-state index contributed by atoms with van der Waals surface area (Å²) in [4.78, 5) is 16.2. The van der Waals surface area contributed by atoms with E-state index in [9.17, 15) is 4.79 Å². The summed E-state index contributed by atoms with van der Waals surface area (Å²) in [6.07, 6.45) is 0. The molecule has 0 aromatic heterocycles. The number of benzene rings is 1. The fourth-order valence-corrected chi connectivity index (χ4v) is 4.69. The van der Waals surface area contributed by atoms with Gasteiger partial charge < -0.3 is 5.32 Å². The lowest BCUT2D eigenvalue weighted by Crippen LogP contribution is -2.32. The van der Waals surface area contributed by atoms with Crippen molar-refractivity contribution in [2.75, 3.05) is 23.8 Å². The van der Waals surface area contributed by atoms with E-state index in [1.807, 2.05) is 24.3 Å². The van der Waals surface area contributed by atoms with Gasteiger partial charge in [0.15, 0.2) is 5.17 Å². The Hall–Kier alpha value is -0.770. The van der Waals surface area contributed by atoms with Crippen molar-refractivity contribution in [1.82, 2.24) is 5.32 Å². The molecule has 0 saturated carbocycles. The van der Waals surface area contributed by atoms with Crippen LogP contribution in [0.15, 0.2) is 43.9 Å². The number of thioether (sulfide) groups is 3. The van der Waals surface area contributed by atoms with Crippen LogP contribution in [-0.2, 0) is 4.79 Å². The number of hydrogen-bond acceptors (Lipinski definition) is 7. The second-order valence-electron chi connectivity index (χ2n) is 4.58. The fraction of sp³-hybridized carbons (Fsp3) is 0.286. The molecule has 3 rings (SSSR count). The van der Waals surface area contributed by atoms with E-state index in [-0.39, 0.29) is 5.91 Å². The molecule has 0 atom stereocenters. The molecule has 120 valence electrons. The van der Waals surface area contributed by atoms with Gasteiger partial charge in [-0.2, -0.15) is 5.10 Å². The molecular weight excluding hydrogens is 416 g/mol. The number of amides is 1. The molecule has 5 nitrogen and oxygen atoms in total. The predicted molar refractivity (Wildman–Crippen MR) is 106 cm³/mol. The zero-order valence-corrected chi connectivity index (χ0v) is 16.0. The minimum absolute atomic E-state index is 0.0706. The van der Waals surface area contributed by atoms with Crippen molar-refractivity contribution >= 4 is 72.4 Å². The third-order valence-corrected chi connectivity index (χ3v) is 6.57. The zero-order valence-electron chi connectivity index (χ0n) is 12.0. The van der Waals surface area contributed by atoms with Crippen molar-refractivity contribution in [3.63, 3.8) is 0 Å². The Morgan fingerprint density at radius 1 is 1.26 bits per heavy atom. The van der Waals surface area contributed by atoms with Gasteiger partial charge in [-0.25, -0.2) is 0 Å². The second kappa shape index (κ2) is 8.36. The maximum absolute atomic E-state index is 11.9. The molecule has 0 bridgehead atoms. The van der Waals surface area contributed by atoms with E-state index in [1.54, 1.807) is 11.8 Å². The molecule has 2 aliphatic heterocycles. The fourth-order valence-electron chi connectivity index (χ4n) is 1.83. The maximum atomic E-state index is 11.9. The number of amidine groups is 1. The molecule has 0 radical (unpaired) electrons. The molecular formula is C14H13BrN4OS3. The van der Waals surface area contributed by atoms with E-state index >= 15 is 0 Å². The highest BCUT2D eigenvalue weighted by molar-refractivity contribution is 9.10. The first-order valence-electron chi connectivity index (χ1n) is 6.84. The Morgan fingerprint density at radius 2 is 2.09 bits per heavy atom. The van der Waals surface area contributed by atoms with E-state index in [4.69, 9.17) is 0 Å². The summed E-state index contributed by atoms with van der Waals surface area (Å²) < 4.78 is 2.03. The van der Waals surface area contributed by atoms with Crippen LogP contribution in [0.2, 0.25) is 0 Å². The lowest BCUT2D eigenvalue weighted by Gasteiger charge is -2.12. The average molecular weight is 429 g/mol. The molecule has 2 heterocycles. The highest BCUT2D eigenvalue weighted by Crippen LogP contribution is 2.22. The van der Waals surface area contributed by atoms with Crippen molar-refractivity contribution in [3.8, 4) is 0 Å². The Labute approximate surface area is 155 Å². The lowest BCUT2D eigenvalue weighted by molar-refractivity contribution is -0.117. The van der Waals surface area contributed by atoms with Gasteiger partial charge in [-0.15, -0.1) is 5.10 Å². The number of aliphatic imine (C=N–C) groups is 1. The monoisotopic (exact) mass is 428 g/mol. The Kier molecular flexibility index (Phi) is 6.21. The van der Waals surface area contributed by atoms with Gasteiger partial charge in [0.25, 0.3) is 0 Å². The van der Waals surface area contributed by atoms with E-state index in [0.29, 0.717) is 16.7 Å². The smallest absolute Gasteiger partial charge is 0.236 e. The molecule has 1 N–H and O–H groups in total. The summed E-state index contributed by atoms with van der Waals surface area (Å²) in [5.41, 5.74) is 1.95. The van der Waals surface area contributed by atoms with Crippen molar-refractivity contribution in [1.29, 1.82) is 0 Å². The molecule has 1 aromatic carbocycles. The molecule has 0 saturated heterocycles. The van der Waals surface area contributed by atoms with Crippen LogP contribution in [0.1, 0.15) is 5.56 Å². The third-order valence-electron chi connectivity index (χ3n) is 2.92.